The van der Waals surface area contributed by atoms with Gasteiger partial charge in [0.1, 0.15) is 17.6 Å². The minimum atomic E-state index is -2.41. The molecule has 0 saturated heterocycles. The minimum absolute atomic E-state index is 0.0527. The fraction of sp³-hybridized carbons (Fsp3) is 0.238. The van der Waals surface area contributed by atoms with Gasteiger partial charge in [-0.25, -0.2) is 14.1 Å². The van der Waals surface area contributed by atoms with Crippen LogP contribution in [0.2, 0.25) is 0 Å². The molecule has 1 amide bonds. The largest absolute Gasteiger partial charge is 0.482 e. The lowest BCUT2D eigenvalue weighted by molar-refractivity contribution is 0.0778. The van der Waals surface area contributed by atoms with Gasteiger partial charge >= 0.3 is 0 Å². The predicted molar refractivity (Wildman–Crippen MR) is 108 cm³/mol. The SMILES string of the molecule is [2H]C1([2H])c2nn(C)c([N+]#[C-])c2-c2cnc(N)c(c2)OC(C)c2cc(F)ccc2C(=O)N1C. The van der Waals surface area contributed by atoms with Crippen LogP contribution in [-0.2, 0) is 13.5 Å². The van der Waals surface area contributed by atoms with Crippen molar-refractivity contribution < 1.29 is 16.7 Å². The van der Waals surface area contributed by atoms with E-state index >= 15 is 0 Å². The molecule has 0 aliphatic carbocycles. The number of nitrogens with zero attached hydrogens (tertiary/aromatic N) is 5. The van der Waals surface area contributed by atoms with Crippen LogP contribution >= 0.6 is 0 Å². The molecule has 2 aromatic heterocycles. The van der Waals surface area contributed by atoms with Gasteiger partial charge < -0.3 is 20.2 Å². The third-order valence-corrected chi connectivity index (χ3v) is 4.86. The van der Waals surface area contributed by atoms with Crippen molar-refractivity contribution in [2.24, 2.45) is 7.05 Å². The zero-order chi connectivity index (χ0) is 23.4. The lowest BCUT2D eigenvalue weighted by Gasteiger charge is -2.23. The number of halogens is 1. The second-order valence-electron chi connectivity index (χ2n) is 6.86. The van der Waals surface area contributed by atoms with Gasteiger partial charge in [0, 0.05) is 29.9 Å². The number of hydrogen-bond acceptors (Lipinski definition) is 5. The van der Waals surface area contributed by atoms with Gasteiger partial charge in [-0.3, -0.25) is 4.79 Å². The molecule has 2 N–H and O–H groups in total. The number of benzene rings is 1. The highest BCUT2D eigenvalue weighted by Crippen LogP contribution is 2.38. The Morgan fingerprint density at radius 2 is 2.17 bits per heavy atom. The van der Waals surface area contributed by atoms with Gasteiger partial charge in [-0.2, -0.15) is 0 Å². The first kappa shape index (κ1) is 17.0. The van der Waals surface area contributed by atoms with Crippen molar-refractivity contribution >= 4 is 17.5 Å². The maximum Gasteiger partial charge on any atom is 0.260 e. The van der Waals surface area contributed by atoms with E-state index in [2.05, 4.69) is 14.9 Å². The maximum atomic E-state index is 14.1. The highest BCUT2D eigenvalue weighted by atomic mass is 19.1. The summed E-state index contributed by atoms with van der Waals surface area (Å²) >= 11 is 0. The van der Waals surface area contributed by atoms with E-state index in [4.69, 9.17) is 19.8 Å². The van der Waals surface area contributed by atoms with E-state index in [0.717, 1.165) is 11.0 Å². The molecule has 9 heteroatoms. The highest BCUT2D eigenvalue weighted by molar-refractivity contribution is 5.96. The van der Waals surface area contributed by atoms with E-state index in [9.17, 15) is 9.18 Å². The molecule has 1 unspecified atom stereocenters. The lowest BCUT2D eigenvalue weighted by atomic mass is 10.0. The first-order valence-electron chi connectivity index (χ1n) is 10.0. The van der Waals surface area contributed by atoms with Crippen molar-refractivity contribution in [2.45, 2.75) is 19.5 Å². The summed E-state index contributed by atoms with van der Waals surface area (Å²) in [6.45, 7) is 6.78. The fourth-order valence-corrected chi connectivity index (χ4v) is 3.38. The average molecular weight is 408 g/mol. The average Bonchev–Trinajstić information content (AvgIpc) is 3.10. The van der Waals surface area contributed by atoms with Crippen LogP contribution in [-0.4, -0.2) is 32.6 Å². The van der Waals surface area contributed by atoms with Crippen LogP contribution in [0.4, 0.5) is 16.0 Å². The number of ether oxygens (including phenoxy) is 1. The Bertz CT molecular complexity index is 1300. The van der Waals surface area contributed by atoms with Crippen LogP contribution in [0.3, 0.4) is 0 Å². The molecule has 0 radical (unpaired) electrons. The molecule has 30 heavy (non-hydrogen) atoms. The number of carbonyl (C=O) groups is 1. The zero-order valence-electron chi connectivity index (χ0n) is 18.5. The van der Waals surface area contributed by atoms with Gasteiger partial charge in [-0.15, -0.1) is 5.10 Å². The van der Waals surface area contributed by atoms with Crippen molar-refractivity contribution in [1.29, 1.82) is 0 Å². The minimum Gasteiger partial charge on any atom is -0.482 e. The Labute approximate surface area is 175 Å². The summed E-state index contributed by atoms with van der Waals surface area (Å²) in [6.07, 6.45) is 0.579. The molecule has 8 nitrogen and oxygen atoms in total. The molecule has 1 aliphatic heterocycles. The van der Waals surface area contributed by atoms with Crippen molar-refractivity contribution in [3.63, 3.8) is 0 Å². The highest BCUT2D eigenvalue weighted by Gasteiger charge is 2.27. The molecule has 0 fully saturated rings. The number of hydrogen-bond donors (Lipinski definition) is 1. The Balaban J connectivity index is 2.08. The zero-order valence-corrected chi connectivity index (χ0v) is 16.5. The Hall–Kier alpha value is -3.93. The number of aryl methyl sites for hydroxylation is 1. The molecular formula is C21H19FN6O2. The molecule has 4 rings (SSSR count). The van der Waals surface area contributed by atoms with E-state index in [1.165, 1.54) is 43.2 Å². The first-order valence-corrected chi connectivity index (χ1v) is 9.01. The number of nitrogen functional groups attached to an aromatic ring is 1. The number of pyridine rings is 1. The lowest BCUT2D eigenvalue weighted by Crippen LogP contribution is -2.28. The molecule has 3 heterocycles. The molecule has 152 valence electrons. The van der Waals surface area contributed by atoms with Crippen molar-refractivity contribution in [3.05, 3.63) is 64.5 Å². The van der Waals surface area contributed by atoms with Crippen LogP contribution < -0.4 is 10.5 Å². The van der Waals surface area contributed by atoms with Gasteiger partial charge in [-0.05, 0) is 36.8 Å². The van der Waals surface area contributed by atoms with Gasteiger partial charge in [0.05, 0.1) is 16.3 Å². The van der Waals surface area contributed by atoms with Crippen LogP contribution in [0.25, 0.3) is 16.0 Å². The number of amides is 1. The van der Waals surface area contributed by atoms with E-state index in [-0.39, 0.29) is 39.8 Å². The topological polar surface area (TPSA) is 90.6 Å². The monoisotopic (exact) mass is 408 g/mol. The summed E-state index contributed by atoms with van der Waals surface area (Å²) in [5.74, 6) is -1.00. The van der Waals surface area contributed by atoms with E-state index in [1.807, 2.05) is 0 Å². The molecular weight excluding hydrogens is 387 g/mol. The number of carbonyl (C=O) groups excluding carboxylic acids is 1. The molecule has 1 aliphatic rings. The van der Waals surface area contributed by atoms with Gasteiger partial charge in [0.15, 0.2) is 11.6 Å². The second-order valence-corrected chi connectivity index (χ2v) is 6.86. The molecule has 1 aromatic carbocycles. The third kappa shape index (κ3) is 3.12. The maximum absolute atomic E-state index is 14.1. The number of rotatable bonds is 0. The van der Waals surface area contributed by atoms with Crippen LogP contribution in [0.1, 0.15) is 37.4 Å². The van der Waals surface area contributed by atoms with Gasteiger partial charge in [0.2, 0.25) is 0 Å². The number of nitrogens with two attached hydrogens (primary N) is 1. The standard InChI is InChI=1S/C21H19FN6O2/c1-11-15-8-13(22)5-6-14(15)21(29)27(3)10-16-18(20(24-2)28(4)26-16)12-7-17(30-11)19(23)25-9-12/h5-9,11H,10H2,1,3-4H3,(H2,23,25)/i10D2. The van der Waals surface area contributed by atoms with Crippen LogP contribution in [0, 0.1) is 12.4 Å². The van der Waals surface area contributed by atoms with Crippen LogP contribution in [0.5, 0.6) is 5.75 Å². The van der Waals surface area contributed by atoms with Crippen LogP contribution in [0.15, 0.2) is 30.5 Å². The quantitative estimate of drug-likeness (QED) is 0.575. The molecule has 2 bridgehead atoms. The normalized spacial score (nSPS) is 18.6. The Kier molecular flexibility index (Phi) is 4.05. The summed E-state index contributed by atoms with van der Waals surface area (Å²) < 4.78 is 38.7. The van der Waals surface area contributed by atoms with Crippen molar-refractivity contribution in [1.82, 2.24) is 19.7 Å². The summed E-state index contributed by atoms with van der Waals surface area (Å²) in [5.41, 5.74) is 6.66. The van der Waals surface area contributed by atoms with E-state index in [1.54, 1.807) is 6.92 Å². The van der Waals surface area contributed by atoms with Gasteiger partial charge in [-0.1, -0.05) is 6.57 Å². The Morgan fingerprint density at radius 3 is 2.90 bits per heavy atom. The second kappa shape index (κ2) is 7.15. The summed E-state index contributed by atoms with van der Waals surface area (Å²) in [7, 11) is 2.80. The number of aromatic nitrogens is 3. The number of anilines is 1. The first-order chi connectivity index (χ1) is 15.1. The summed E-state index contributed by atoms with van der Waals surface area (Å²) in [5, 5.41) is 4.22. The van der Waals surface area contributed by atoms with Gasteiger partial charge in [0.25, 0.3) is 11.7 Å². The van der Waals surface area contributed by atoms with Crippen molar-refractivity contribution in [3.8, 4) is 16.9 Å². The summed E-state index contributed by atoms with van der Waals surface area (Å²) in [6, 6.07) is 5.11. The summed E-state index contributed by atoms with van der Waals surface area (Å²) in [4.78, 5) is 21.9. The molecule has 0 saturated carbocycles. The molecule has 0 spiro atoms. The smallest absolute Gasteiger partial charge is 0.260 e. The predicted octanol–water partition coefficient (Wildman–Crippen LogP) is 3.48. The van der Waals surface area contributed by atoms with E-state index < -0.39 is 24.3 Å². The fourth-order valence-electron chi connectivity index (χ4n) is 3.38. The molecule has 3 aromatic rings. The van der Waals surface area contributed by atoms with E-state index in [0.29, 0.717) is 5.56 Å². The number of fused-ring (bicyclic) bond motifs is 5. The Morgan fingerprint density at radius 1 is 1.40 bits per heavy atom. The third-order valence-electron chi connectivity index (χ3n) is 4.86. The molecule has 1 atom stereocenters. The van der Waals surface area contributed by atoms with Crippen molar-refractivity contribution in [2.75, 3.05) is 12.8 Å².